The SMILES string of the molecule is CC(C)CCC[C@@H](C)[C@H]1CC[C@@H]2[C@@H]3CC=C4C[C@H](OC(=O)c5ccc(Cl)cc5Cl)CC[C@]4(C)[C@H]3CC[C@@]21C. The van der Waals surface area contributed by atoms with Crippen LogP contribution in [-0.2, 0) is 4.74 Å². The largest absolute Gasteiger partial charge is 0.458 e. The number of carbonyl (C=O) groups is 1. The first-order chi connectivity index (χ1) is 18.0. The highest BCUT2D eigenvalue weighted by Gasteiger charge is 2.59. The lowest BCUT2D eigenvalue weighted by Crippen LogP contribution is -2.51. The van der Waals surface area contributed by atoms with Crippen LogP contribution in [0.25, 0.3) is 0 Å². The van der Waals surface area contributed by atoms with Crippen LogP contribution in [-0.4, -0.2) is 12.1 Å². The molecule has 0 radical (unpaired) electrons. The summed E-state index contributed by atoms with van der Waals surface area (Å²) in [6.07, 6.45) is 16.4. The zero-order chi connectivity index (χ0) is 27.2. The summed E-state index contributed by atoms with van der Waals surface area (Å²) in [7, 11) is 0. The molecule has 4 heteroatoms. The van der Waals surface area contributed by atoms with Gasteiger partial charge in [0.05, 0.1) is 10.6 Å². The number of carbonyl (C=O) groups excluding carboxylic acids is 1. The van der Waals surface area contributed by atoms with Crippen molar-refractivity contribution in [1.82, 2.24) is 0 Å². The summed E-state index contributed by atoms with van der Waals surface area (Å²) < 4.78 is 5.99. The second kappa shape index (κ2) is 11.1. The fourth-order valence-corrected chi connectivity index (χ4v) is 10.1. The molecule has 0 amide bonds. The summed E-state index contributed by atoms with van der Waals surface area (Å²) in [5, 5.41) is 0.886. The first-order valence-corrected chi connectivity index (χ1v) is 16.1. The molecular formula is C34H48Cl2O2. The predicted octanol–water partition coefficient (Wildman–Crippen LogP) is 10.6. The van der Waals surface area contributed by atoms with Gasteiger partial charge in [0.15, 0.2) is 0 Å². The molecule has 4 aliphatic carbocycles. The van der Waals surface area contributed by atoms with Gasteiger partial charge < -0.3 is 4.74 Å². The van der Waals surface area contributed by atoms with Gasteiger partial charge in [0.25, 0.3) is 0 Å². The summed E-state index contributed by atoms with van der Waals surface area (Å²) in [6, 6.07) is 4.98. The van der Waals surface area contributed by atoms with E-state index in [4.69, 9.17) is 27.9 Å². The van der Waals surface area contributed by atoms with E-state index in [2.05, 4.69) is 40.7 Å². The molecule has 0 saturated heterocycles. The van der Waals surface area contributed by atoms with Gasteiger partial charge >= 0.3 is 5.97 Å². The topological polar surface area (TPSA) is 26.3 Å². The molecule has 38 heavy (non-hydrogen) atoms. The maximum Gasteiger partial charge on any atom is 0.339 e. The monoisotopic (exact) mass is 558 g/mol. The van der Waals surface area contributed by atoms with Crippen molar-refractivity contribution in [2.45, 2.75) is 111 Å². The molecule has 0 spiro atoms. The average molecular weight is 560 g/mol. The zero-order valence-electron chi connectivity index (χ0n) is 24.2. The third-order valence-corrected chi connectivity index (χ3v) is 12.2. The molecule has 0 heterocycles. The van der Waals surface area contributed by atoms with Gasteiger partial charge in [-0.05, 0) is 109 Å². The molecule has 0 unspecified atom stereocenters. The Balaban J connectivity index is 1.25. The van der Waals surface area contributed by atoms with E-state index < -0.39 is 0 Å². The van der Waals surface area contributed by atoms with Crippen molar-refractivity contribution in [1.29, 1.82) is 0 Å². The van der Waals surface area contributed by atoms with Gasteiger partial charge in [-0.15, -0.1) is 0 Å². The number of rotatable bonds is 7. The molecule has 210 valence electrons. The predicted molar refractivity (Wildman–Crippen MR) is 159 cm³/mol. The van der Waals surface area contributed by atoms with Gasteiger partial charge in [-0.3, -0.25) is 0 Å². The van der Waals surface area contributed by atoms with Crippen LogP contribution in [0.5, 0.6) is 0 Å². The summed E-state index contributed by atoms with van der Waals surface area (Å²) in [6.45, 7) is 12.5. The van der Waals surface area contributed by atoms with E-state index in [0.717, 1.165) is 54.8 Å². The van der Waals surface area contributed by atoms with E-state index in [1.807, 2.05) is 0 Å². The highest BCUT2D eigenvalue weighted by molar-refractivity contribution is 6.36. The number of allylic oxidation sites excluding steroid dienone is 1. The number of benzene rings is 1. The molecule has 3 saturated carbocycles. The molecule has 0 aliphatic heterocycles. The molecule has 1 aromatic carbocycles. The Kier molecular flexibility index (Phi) is 8.35. The fraction of sp³-hybridized carbons (Fsp3) is 0.735. The average Bonchev–Trinajstić information content (AvgIpc) is 3.21. The Morgan fingerprint density at radius 1 is 1.03 bits per heavy atom. The van der Waals surface area contributed by atoms with E-state index in [-0.39, 0.29) is 17.5 Å². The fourth-order valence-electron chi connectivity index (χ4n) is 9.62. The van der Waals surface area contributed by atoms with Crippen LogP contribution < -0.4 is 0 Å². The molecule has 0 bridgehead atoms. The summed E-state index contributed by atoms with van der Waals surface area (Å²) in [5.74, 6) is 4.71. The summed E-state index contributed by atoms with van der Waals surface area (Å²) in [5.41, 5.74) is 2.73. The van der Waals surface area contributed by atoms with Crippen molar-refractivity contribution in [3.05, 3.63) is 45.5 Å². The van der Waals surface area contributed by atoms with Gasteiger partial charge in [-0.2, -0.15) is 0 Å². The Hall–Kier alpha value is -0.990. The van der Waals surface area contributed by atoms with E-state index >= 15 is 0 Å². The summed E-state index contributed by atoms with van der Waals surface area (Å²) >= 11 is 12.3. The van der Waals surface area contributed by atoms with Gasteiger partial charge in [0.1, 0.15) is 6.10 Å². The van der Waals surface area contributed by atoms with Crippen LogP contribution in [0.2, 0.25) is 10.0 Å². The zero-order valence-corrected chi connectivity index (χ0v) is 25.7. The molecule has 5 rings (SSSR count). The second-order valence-electron chi connectivity index (χ2n) is 14.2. The normalized spacial score (nSPS) is 37.2. The lowest BCUT2D eigenvalue weighted by molar-refractivity contribution is -0.0594. The molecule has 3 fully saturated rings. The van der Waals surface area contributed by atoms with Gasteiger partial charge in [-0.1, -0.05) is 88.7 Å². The molecule has 0 N–H and O–H groups in total. The minimum Gasteiger partial charge on any atom is -0.458 e. The van der Waals surface area contributed by atoms with Gasteiger partial charge in [-0.25, -0.2) is 4.79 Å². The Morgan fingerprint density at radius 2 is 1.82 bits per heavy atom. The Labute approximate surface area is 241 Å². The van der Waals surface area contributed by atoms with Gasteiger partial charge in [0, 0.05) is 11.4 Å². The Morgan fingerprint density at radius 3 is 2.55 bits per heavy atom. The number of ether oxygens (including phenoxy) is 1. The van der Waals surface area contributed by atoms with Crippen LogP contribution >= 0.6 is 23.2 Å². The van der Waals surface area contributed by atoms with E-state index in [1.165, 1.54) is 51.4 Å². The van der Waals surface area contributed by atoms with Crippen LogP contribution in [0.4, 0.5) is 0 Å². The van der Waals surface area contributed by atoms with E-state index in [1.54, 1.807) is 23.8 Å². The first-order valence-electron chi connectivity index (χ1n) is 15.4. The highest BCUT2D eigenvalue weighted by Crippen LogP contribution is 2.67. The molecule has 4 aliphatic rings. The smallest absolute Gasteiger partial charge is 0.339 e. The lowest BCUT2D eigenvalue weighted by atomic mass is 9.47. The van der Waals surface area contributed by atoms with Crippen molar-refractivity contribution >= 4 is 29.2 Å². The minimum atomic E-state index is -0.331. The van der Waals surface area contributed by atoms with Crippen molar-refractivity contribution in [2.75, 3.05) is 0 Å². The lowest BCUT2D eigenvalue weighted by Gasteiger charge is -2.58. The van der Waals surface area contributed by atoms with Crippen molar-refractivity contribution < 1.29 is 9.53 Å². The number of hydrogen-bond acceptors (Lipinski definition) is 2. The number of esters is 1. The number of hydrogen-bond donors (Lipinski definition) is 0. The van der Waals surface area contributed by atoms with Gasteiger partial charge in [0.2, 0.25) is 0 Å². The van der Waals surface area contributed by atoms with E-state index in [9.17, 15) is 4.79 Å². The van der Waals surface area contributed by atoms with Crippen LogP contribution in [0.15, 0.2) is 29.8 Å². The second-order valence-corrected chi connectivity index (χ2v) is 15.0. The van der Waals surface area contributed by atoms with Crippen molar-refractivity contribution in [2.24, 2.45) is 46.3 Å². The molecule has 8 atom stereocenters. The standard InChI is InChI=1S/C34H48Cl2O2/c1-21(2)7-6-8-22(3)28-13-14-29-26-11-9-23-19-25(38-32(37)27-12-10-24(35)20-31(27)36)15-17-33(23,4)30(26)16-18-34(28,29)5/h9-10,12,20-22,25-26,28-30H,6-8,11,13-19H2,1-5H3/t22-,25-,26+,28-,29-,30+,33+,34-/m1/s1. The molecule has 2 nitrogen and oxygen atoms in total. The van der Waals surface area contributed by atoms with Crippen LogP contribution in [0.1, 0.15) is 116 Å². The third kappa shape index (κ3) is 5.23. The maximum absolute atomic E-state index is 12.9. The van der Waals surface area contributed by atoms with Crippen molar-refractivity contribution in [3.63, 3.8) is 0 Å². The van der Waals surface area contributed by atoms with Crippen molar-refractivity contribution in [3.8, 4) is 0 Å². The molecular weight excluding hydrogens is 511 g/mol. The first kappa shape index (κ1) is 28.5. The molecule has 1 aromatic rings. The van der Waals surface area contributed by atoms with E-state index in [0.29, 0.717) is 21.0 Å². The molecule has 0 aromatic heterocycles. The highest BCUT2D eigenvalue weighted by atomic mass is 35.5. The minimum absolute atomic E-state index is 0.0680. The van der Waals surface area contributed by atoms with Crippen LogP contribution in [0, 0.1) is 46.3 Å². The number of fused-ring (bicyclic) bond motifs is 5. The Bertz CT molecular complexity index is 1060. The van der Waals surface area contributed by atoms with Crippen LogP contribution in [0.3, 0.4) is 0 Å². The summed E-state index contributed by atoms with van der Waals surface area (Å²) in [4.78, 5) is 12.9. The third-order valence-electron chi connectivity index (χ3n) is 11.7. The quantitative estimate of drug-likeness (QED) is 0.245. The maximum atomic E-state index is 12.9. The number of halogens is 2.